The molecule has 0 aliphatic rings. The van der Waals surface area contributed by atoms with Crippen LogP contribution in [0.2, 0.25) is 0 Å². The lowest BCUT2D eigenvalue weighted by atomic mass is 10.1. The Morgan fingerprint density at radius 1 is 1.19 bits per heavy atom. The van der Waals surface area contributed by atoms with Gasteiger partial charge in [0, 0.05) is 27.6 Å². The van der Waals surface area contributed by atoms with Gasteiger partial charge in [-0.1, -0.05) is 15.9 Å². The number of halogens is 1. The molecule has 3 rings (SSSR count). The molecule has 1 heterocycles. The Kier molecular flexibility index (Phi) is 5.13. The van der Waals surface area contributed by atoms with E-state index in [1.807, 2.05) is 0 Å². The van der Waals surface area contributed by atoms with Crippen LogP contribution in [-0.4, -0.2) is 16.5 Å². The van der Waals surface area contributed by atoms with Gasteiger partial charge in [-0.05, 0) is 43.3 Å². The number of nitro groups is 1. The van der Waals surface area contributed by atoms with E-state index in [-0.39, 0.29) is 22.5 Å². The van der Waals surface area contributed by atoms with E-state index >= 15 is 0 Å². The fourth-order valence-electron chi connectivity index (χ4n) is 2.34. The molecule has 0 fully saturated rings. The van der Waals surface area contributed by atoms with Crippen molar-refractivity contribution in [3.8, 4) is 0 Å². The molecule has 0 radical (unpaired) electrons. The Morgan fingerprint density at radius 2 is 1.89 bits per heavy atom. The molecule has 0 atom stereocenters. The topological polar surface area (TPSA) is 115 Å². The molecule has 0 spiro atoms. The second kappa shape index (κ2) is 7.50. The number of rotatable bonds is 4. The van der Waals surface area contributed by atoms with Crippen LogP contribution < -0.4 is 11.1 Å². The normalized spacial score (nSPS) is 11.4. The predicted octanol–water partition coefficient (Wildman–Crippen LogP) is 3.62. The number of nitro benzene ring substituents is 1. The summed E-state index contributed by atoms with van der Waals surface area (Å²) in [7, 11) is 0. The van der Waals surface area contributed by atoms with Crippen LogP contribution in [0.5, 0.6) is 0 Å². The lowest BCUT2D eigenvalue weighted by Crippen LogP contribution is -2.21. The van der Waals surface area contributed by atoms with Crippen LogP contribution in [-0.2, 0) is 0 Å². The van der Waals surface area contributed by atoms with Crippen molar-refractivity contribution in [2.75, 3.05) is 0 Å². The van der Waals surface area contributed by atoms with Crippen molar-refractivity contribution >= 4 is 44.2 Å². The zero-order valence-corrected chi connectivity index (χ0v) is 15.5. The van der Waals surface area contributed by atoms with E-state index < -0.39 is 16.5 Å². The number of amides is 1. The number of benzene rings is 2. The SMILES string of the molecule is C/C(=N\NC(=O)c1ccc(Br)cc1)c1cc2cc([N+](=O)[O-])ccc2oc1=O. The van der Waals surface area contributed by atoms with Gasteiger partial charge in [-0.25, -0.2) is 10.2 Å². The third-order valence-electron chi connectivity index (χ3n) is 3.75. The number of nitrogens with zero attached hydrogens (tertiary/aromatic N) is 2. The molecule has 0 unspecified atom stereocenters. The number of fused-ring (bicyclic) bond motifs is 1. The van der Waals surface area contributed by atoms with Gasteiger partial charge < -0.3 is 4.42 Å². The van der Waals surface area contributed by atoms with Crippen LogP contribution in [0.25, 0.3) is 11.0 Å². The summed E-state index contributed by atoms with van der Waals surface area (Å²) >= 11 is 3.28. The Balaban J connectivity index is 1.90. The van der Waals surface area contributed by atoms with Crippen molar-refractivity contribution < 1.29 is 14.1 Å². The summed E-state index contributed by atoms with van der Waals surface area (Å²) in [5.41, 5.74) is 2.51. The minimum absolute atomic E-state index is 0.0964. The molecular weight excluding hydrogens is 418 g/mol. The van der Waals surface area contributed by atoms with Gasteiger partial charge in [0.25, 0.3) is 11.6 Å². The highest BCUT2D eigenvalue weighted by atomic mass is 79.9. The van der Waals surface area contributed by atoms with Crippen LogP contribution in [0.4, 0.5) is 5.69 Å². The molecular formula is C18H12BrN3O5. The molecule has 0 saturated carbocycles. The molecule has 1 amide bonds. The molecule has 0 bridgehead atoms. The van der Waals surface area contributed by atoms with E-state index in [4.69, 9.17) is 4.42 Å². The molecule has 0 saturated heterocycles. The molecule has 1 aromatic heterocycles. The summed E-state index contributed by atoms with van der Waals surface area (Å²) in [6.45, 7) is 1.53. The van der Waals surface area contributed by atoms with E-state index in [9.17, 15) is 19.7 Å². The molecule has 9 heteroatoms. The van der Waals surface area contributed by atoms with Gasteiger partial charge in [0.1, 0.15) is 5.58 Å². The first-order chi connectivity index (χ1) is 12.8. The summed E-state index contributed by atoms with van der Waals surface area (Å²) in [5, 5.41) is 15.2. The van der Waals surface area contributed by atoms with E-state index in [0.717, 1.165) is 4.47 Å². The second-order valence-corrected chi connectivity index (χ2v) is 6.49. The molecule has 2 aromatic carbocycles. The highest BCUT2D eigenvalue weighted by molar-refractivity contribution is 9.10. The lowest BCUT2D eigenvalue weighted by Gasteiger charge is -2.04. The zero-order valence-electron chi connectivity index (χ0n) is 13.9. The second-order valence-electron chi connectivity index (χ2n) is 5.57. The van der Waals surface area contributed by atoms with Crippen molar-refractivity contribution in [2.45, 2.75) is 6.92 Å². The highest BCUT2D eigenvalue weighted by Gasteiger charge is 2.13. The van der Waals surface area contributed by atoms with Crippen molar-refractivity contribution in [1.29, 1.82) is 0 Å². The number of hydrazone groups is 1. The fourth-order valence-corrected chi connectivity index (χ4v) is 2.60. The standard InChI is InChI=1S/C18H12BrN3O5/c1-10(20-21-17(23)11-2-4-13(19)5-3-11)15-9-12-8-14(22(25)26)6-7-16(12)27-18(15)24/h2-9H,1H3,(H,21,23)/b20-10+. The number of hydrogen-bond acceptors (Lipinski definition) is 6. The molecule has 3 aromatic rings. The van der Waals surface area contributed by atoms with Crippen LogP contribution in [0.15, 0.2) is 67.3 Å². The summed E-state index contributed by atoms with van der Waals surface area (Å²) in [6.07, 6.45) is 0. The molecule has 8 nitrogen and oxygen atoms in total. The minimum Gasteiger partial charge on any atom is -0.422 e. The van der Waals surface area contributed by atoms with Crippen molar-refractivity contribution in [3.05, 3.63) is 84.7 Å². The van der Waals surface area contributed by atoms with Gasteiger partial charge in [0.15, 0.2) is 0 Å². The average molecular weight is 430 g/mol. The number of hydrogen-bond donors (Lipinski definition) is 1. The van der Waals surface area contributed by atoms with Crippen molar-refractivity contribution in [3.63, 3.8) is 0 Å². The number of nitrogens with one attached hydrogen (secondary N) is 1. The monoisotopic (exact) mass is 429 g/mol. The van der Waals surface area contributed by atoms with Crippen molar-refractivity contribution in [2.24, 2.45) is 5.10 Å². The van der Waals surface area contributed by atoms with Crippen LogP contribution in [0.1, 0.15) is 22.8 Å². The molecule has 1 N–H and O–H groups in total. The maximum atomic E-state index is 12.1. The van der Waals surface area contributed by atoms with Crippen molar-refractivity contribution in [1.82, 2.24) is 5.43 Å². The van der Waals surface area contributed by atoms with Gasteiger partial charge >= 0.3 is 5.63 Å². The highest BCUT2D eigenvalue weighted by Crippen LogP contribution is 2.20. The molecule has 136 valence electrons. The van der Waals surface area contributed by atoms with Gasteiger partial charge in [0.2, 0.25) is 0 Å². The Labute approximate surface area is 160 Å². The minimum atomic E-state index is -0.657. The lowest BCUT2D eigenvalue weighted by molar-refractivity contribution is -0.384. The molecule has 27 heavy (non-hydrogen) atoms. The maximum absolute atomic E-state index is 12.1. The van der Waals surface area contributed by atoms with Gasteiger partial charge in [0.05, 0.1) is 16.2 Å². The quantitative estimate of drug-likeness (QED) is 0.294. The summed E-state index contributed by atoms with van der Waals surface area (Å²) < 4.78 is 6.01. The third kappa shape index (κ3) is 4.09. The van der Waals surface area contributed by atoms with E-state index in [0.29, 0.717) is 10.9 Å². The van der Waals surface area contributed by atoms with Gasteiger partial charge in [-0.2, -0.15) is 5.10 Å². The zero-order chi connectivity index (χ0) is 19.6. The number of non-ortho nitro benzene ring substituents is 1. The largest absolute Gasteiger partial charge is 0.422 e. The summed E-state index contributed by atoms with van der Waals surface area (Å²) in [4.78, 5) is 34.6. The Bertz CT molecular complexity index is 1140. The van der Waals surface area contributed by atoms with E-state index in [1.54, 1.807) is 24.3 Å². The van der Waals surface area contributed by atoms with E-state index in [1.165, 1.54) is 31.2 Å². The first-order valence-electron chi connectivity index (χ1n) is 7.68. The molecule has 0 aliphatic carbocycles. The number of carbonyl (C=O) groups excluding carboxylic acids is 1. The van der Waals surface area contributed by atoms with Crippen LogP contribution >= 0.6 is 15.9 Å². The van der Waals surface area contributed by atoms with Gasteiger partial charge in [-0.3, -0.25) is 14.9 Å². The Morgan fingerprint density at radius 3 is 2.56 bits per heavy atom. The average Bonchev–Trinajstić information content (AvgIpc) is 2.65. The predicted molar refractivity (Wildman–Crippen MR) is 103 cm³/mol. The van der Waals surface area contributed by atoms with Crippen LogP contribution in [0.3, 0.4) is 0 Å². The van der Waals surface area contributed by atoms with Gasteiger partial charge in [-0.15, -0.1) is 0 Å². The first kappa shape index (κ1) is 18.5. The first-order valence-corrected chi connectivity index (χ1v) is 8.47. The number of carbonyl (C=O) groups is 1. The Hall–Kier alpha value is -3.33. The van der Waals surface area contributed by atoms with Crippen LogP contribution in [0, 0.1) is 10.1 Å². The molecule has 0 aliphatic heterocycles. The fraction of sp³-hybridized carbons (Fsp3) is 0.0556. The smallest absolute Gasteiger partial charge is 0.345 e. The third-order valence-corrected chi connectivity index (χ3v) is 4.28. The maximum Gasteiger partial charge on any atom is 0.345 e. The summed E-state index contributed by atoms with van der Waals surface area (Å²) in [6, 6.07) is 12.0. The summed E-state index contributed by atoms with van der Waals surface area (Å²) in [5.74, 6) is -0.442. The van der Waals surface area contributed by atoms with E-state index in [2.05, 4.69) is 26.5 Å².